The third kappa shape index (κ3) is 3.23. The number of nitrogen functional groups attached to an aromatic ring is 1. The van der Waals surface area contributed by atoms with Gasteiger partial charge in [-0.2, -0.15) is 0 Å². The number of amidine groups is 1. The summed E-state index contributed by atoms with van der Waals surface area (Å²) in [5.41, 5.74) is 7.64. The third-order valence-corrected chi connectivity index (χ3v) is 4.30. The van der Waals surface area contributed by atoms with Gasteiger partial charge in [0.1, 0.15) is 5.84 Å². The molecule has 1 heterocycles. The summed E-state index contributed by atoms with van der Waals surface area (Å²) in [7, 11) is 0. The summed E-state index contributed by atoms with van der Waals surface area (Å²) in [5, 5.41) is 8.22. The van der Waals surface area contributed by atoms with E-state index in [0.717, 1.165) is 42.1 Å². The summed E-state index contributed by atoms with van der Waals surface area (Å²) in [6.07, 6.45) is 2.16. The molecule has 0 spiro atoms. The highest BCUT2D eigenvalue weighted by Crippen LogP contribution is 2.32. The second-order valence-corrected chi connectivity index (χ2v) is 5.69. The zero-order valence-electron chi connectivity index (χ0n) is 10.0. The Balaban J connectivity index is 2.16. The molecule has 1 aromatic carbocycles. The maximum absolute atomic E-state index is 7.63. The van der Waals surface area contributed by atoms with Gasteiger partial charge in [0.25, 0.3) is 0 Å². The molecule has 1 aliphatic heterocycles. The number of rotatable bonds is 3. The van der Waals surface area contributed by atoms with Gasteiger partial charge in [0.15, 0.2) is 0 Å². The molecule has 3 nitrogen and oxygen atoms in total. The van der Waals surface area contributed by atoms with Crippen LogP contribution in [0.3, 0.4) is 0 Å². The van der Waals surface area contributed by atoms with Crippen molar-refractivity contribution >= 4 is 17.6 Å². The lowest BCUT2D eigenvalue weighted by Gasteiger charge is -2.22. The molecule has 1 aromatic rings. The van der Waals surface area contributed by atoms with Crippen LogP contribution < -0.4 is 5.73 Å². The number of hydrogen-bond acceptors (Lipinski definition) is 3. The van der Waals surface area contributed by atoms with E-state index < -0.39 is 0 Å². The van der Waals surface area contributed by atoms with Gasteiger partial charge in [-0.25, -0.2) is 0 Å². The van der Waals surface area contributed by atoms with Crippen LogP contribution in [-0.2, 0) is 4.74 Å². The van der Waals surface area contributed by atoms with Crippen LogP contribution in [0.25, 0.3) is 0 Å². The molecule has 0 unspecified atom stereocenters. The fraction of sp³-hybridized carbons (Fsp3) is 0.462. The van der Waals surface area contributed by atoms with Crippen LogP contribution >= 0.6 is 11.8 Å². The molecule has 0 atom stereocenters. The molecule has 2 rings (SSSR count). The van der Waals surface area contributed by atoms with Crippen LogP contribution in [0.2, 0.25) is 0 Å². The van der Waals surface area contributed by atoms with Crippen LogP contribution in [0.5, 0.6) is 0 Å². The van der Waals surface area contributed by atoms with Crippen molar-refractivity contribution in [2.45, 2.75) is 29.9 Å². The Morgan fingerprint density at radius 3 is 2.76 bits per heavy atom. The summed E-state index contributed by atoms with van der Waals surface area (Å²) in [5.74, 6) is 0.156. The third-order valence-electron chi connectivity index (χ3n) is 2.89. The number of ether oxygens (including phenoxy) is 1. The molecule has 92 valence electrons. The molecule has 0 amide bonds. The molecule has 1 aliphatic rings. The summed E-state index contributed by atoms with van der Waals surface area (Å²) in [6.45, 7) is 3.72. The normalized spacial score (nSPS) is 17.0. The van der Waals surface area contributed by atoms with Crippen LogP contribution in [-0.4, -0.2) is 24.3 Å². The van der Waals surface area contributed by atoms with E-state index in [-0.39, 0.29) is 5.84 Å². The second kappa shape index (κ2) is 5.56. The molecule has 17 heavy (non-hydrogen) atoms. The molecule has 3 N–H and O–H groups in total. The van der Waals surface area contributed by atoms with Gasteiger partial charge in [-0.1, -0.05) is 11.6 Å². The van der Waals surface area contributed by atoms with Gasteiger partial charge in [0.2, 0.25) is 0 Å². The van der Waals surface area contributed by atoms with Gasteiger partial charge < -0.3 is 10.5 Å². The Morgan fingerprint density at radius 2 is 2.12 bits per heavy atom. The fourth-order valence-electron chi connectivity index (χ4n) is 1.93. The average Bonchev–Trinajstić information content (AvgIpc) is 2.32. The second-order valence-electron chi connectivity index (χ2n) is 4.34. The quantitative estimate of drug-likeness (QED) is 0.640. The maximum atomic E-state index is 7.63. The van der Waals surface area contributed by atoms with Gasteiger partial charge in [0, 0.05) is 28.9 Å². The molecular weight excluding hydrogens is 232 g/mol. The summed E-state index contributed by atoms with van der Waals surface area (Å²) < 4.78 is 5.35. The minimum atomic E-state index is 0.156. The number of aryl methyl sites for hydroxylation is 1. The molecule has 0 saturated carbocycles. The fourth-order valence-corrected chi connectivity index (χ4v) is 3.16. The van der Waals surface area contributed by atoms with Gasteiger partial charge >= 0.3 is 0 Å². The Morgan fingerprint density at radius 1 is 1.41 bits per heavy atom. The minimum Gasteiger partial charge on any atom is -0.384 e. The number of thioether (sulfide) groups is 1. The van der Waals surface area contributed by atoms with Crippen LogP contribution in [0.4, 0.5) is 0 Å². The van der Waals surface area contributed by atoms with Crippen molar-refractivity contribution in [2.75, 3.05) is 13.2 Å². The first-order valence-electron chi connectivity index (χ1n) is 5.86. The highest BCUT2D eigenvalue weighted by atomic mass is 32.2. The highest BCUT2D eigenvalue weighted by Gasteiger charge is 2.17. The van der Waals surface area contributed by atoms with E-state index in [0.29, 0.717) is 5.25 Å². The number of nitrogens with one attached hydrogen (secondary N) is 1. The van der Waals surface area contributed by atoms with Gasteiger partial charge in [-0.05, 0) is 31.9 Å². The predicted molar refractivity (Wildman–Crippen MR) is 71.9 cm³/mol. The first-order valence-corrected chi connectivity index (χ1v) is 6.74. The lowest BCUT2D eigenvalue weighted by Crippen LogP contribution is -2.18. The lowest BCUT2D eigenvalue weighted by atomic mass is 10.1. The lowest BCUT2D eigenvalue weighted by molar-refractivity contribution is 0.100. The minimum absolute atomic E-state index is 0.156. The van der Waals surface area contributed by atoms with Gasteiger partial charge in [0.05, 0.1) is 0 Å². The monoisotopic (exact) mass is 250 g/mol. The smallest absolute Gasteiger partial charge is 0.123 e. The Bertz CT molecular complexity index is 414. The Hall–Kier alpha value is -1.00. The predicted octanol–water partition coefficient (Wildman–Crippen LogP) is 2.55. The van der Waals surface area contributed by atoms with E-state index in [1.165, 1.54) is 0 Å². The molecule has 1 fully saturated rings. The number of nitrogens with two attached hydrogens (primary N) is 1. The zero-order valence-corrected chi connectivity index (χ0v) is 10.8. The standard InChI is InChI=1S/C13H18N2OS/c1-9-2-3-12(11(8-9)13(14)15)17-10-4-6-16-7-5-10/h2-3,8,10H,4-7H2,1H3,(H3,14,15). The van der Waals surface area contributed by atoms with Crippen molar-refractivity contribution in [3.8, 4) is 0 Å². The zero-order chi connectivity index (χ0) is 12.3. The summed E-state index contributed by atoms with van der Waals surface area (Å²) in [4.78, 5) is 1.12. The van der Waals surface area contributed by atoms with E-state index in [1.54, 1.807) is 0 Å². The van der Waals surface area contributed by atoms with E-state index in [1.807, 2.05) is 24.8 Å². The first kappa shape index (κ1) is 12.5. The molecule has 0 bridgehead atoms. The summed E-state index contributed by atoms with van der Waals surface area (Å²) in [6, 6.07) is 6.14. The summed E-state index contributed by atoms with van der Waals surface area (Å²) >= 11 is 1.83. The molecule has 4 heteroatoms. The Kier molecular flexibility index (Phi) is 4.07. The van der Waals surface area contributed by atoms with Crippen LogP contribution in [0.1, 0.15) is 24.0 Å². The van der Waals surface area contributed by atoms with Crippen LogP contribution in [0.15, 0.2) is 23.1 Å². The van der Waals surface area contributed by atoms with E-state index in [4.69, 9.17) is 15.9 Å². The average molecular weight is 250 g/mol. The number of hydrogen-bond donors (Lipinski definition) is 2. The van der Waals surface area contributed by atoms with E-state index in [2.05, 4.69) is 12.1 Å². The van der Waals surface area contributed by atoms with Crippen molar-refractivity contribution in [1.29, 1.82) is 5.41 Å². The van der Waals surface area contributed by atoms with Gasteiger partial charge in [-0.15, -0.1) is 11.8 Å². The van der Waals surface area contributed by atoms with Crippen molar-refractivity contribution in [3.05, 3.63) is 29.3 Å². The molecule has 1 saturated heterocycles. The van der Waals surface area contributed by atoms with Gasteiger partial charge in [-0.3, -0.25) is 5.41 Å². The molecule has 0 aromatic heterocycles. The molecular formula is C13H18N2OS. The first-order chi connectivity index (χ1) is 8.16. The van der Waals surface area contributed by atoms with Crippen LogP contribution in [0, 0.1) is 12.3 Å². The molecule has 0 radical (unpaired) electrons. The largest absolute Gasteiger partial charge is 0.384 e. The number of benzene rings is 1. The molecule has 0 aliphatic carbocycles. The highest BCUT2D eigenvalue weighted by molar-refractivity contribution is 8.00. The van der Waals surface area contributed by atoms with Crippen molar-refractivity contribution < 1.29 is 4.74 Å². The SMILES string of the molecule is Cc1ccc(SC2CCOCC2)c(C(=N)N)c1. The maximum Gasteiger partial charge on any atom is 0.123 e. The van der Waals surface area contributed by atoms with Crippen molar-refractivity contribution in [1.82, 2.24) is 0 Å². The van der Waals surface area contributed by atoms with E-state index >= 15 is 0 Å². The van der Waals surface area contributed by atoms with Crippen molar-refractivity contribution in [2.24, 2.45) is 5.73 Å². The Labute approximate surface area is 106 Å². The topological polar surface area (TPSA) is 59.1 Å². The van der Waals surface area contributed by atoms with Crippen molar-refractivity contribution in [3.63, 3.8) is 0 Å². The van der Waals surface area contributed by atoms with E-state index in [9.17, 15) is 0 Å².